The second-order valence-corrected chi connectivity index (χ2v) is 6.02. The van der Waals surface area contributed by atoms with E-state index in [1.54, 1.807) is 0 Å². The molecule has 0 aliphatic heterocycles. The van der Waals surface area contributed by atoms with Gasteiger partial charge in [0.1, 0.15) is 0 Å². The molecule has 0 spiro atoms. The number of hydrogen-bond donors (Lipinski definition) is 1. The van der Waals surface area contributed by atoms with Gasteiger partial charge in [-0.05, 0) is 25.2 Å². The van der Waals surface area contributed by atoms with Gasteiger partial charge in [-0.25, -0.2) is 0 Å². The standard InChI is InChI=1S/C13H25NOS/c1-13(2,12(14)16)8-9-15-10-11-6-4-3-5-7-11/h11H,3-10H2,1-2H3,(H2,14,16). The van der Waals surface area contributed by atoms with E-state index >= 15 is 0 Å². The second-order valence-electron chi connectivity index (χ2n) is 5.58. The van der Waals surface area contributed by atoms with Gasteiger partial charge in [0.25, 0.3) is 0 Å². The van der Waals surface area contributed by atoms with Crippen molar-refractivity contribution in [1.82, 2.24) is 0 Å². The molecule has 0 saturated heterocycles. The Morgan fingerprint density at radius 1 is 1.31 bits per heavy atom. The number of ether oxygens (including phenoxy) is 1. The van der Waals surface area contributed by atoms with Crippen molar-refractivity contribution < 1.29 is 4.74 Å². The van der Waals surface area contributed by atoms with Gasteiger partial charge in [-0.2, -0.15) is 0 Å². The highest BCUT2D eigenvalue weighted by molar-refractivity contribution is 7.80. The summed E-state index contributed by atoms with van der Waals surface area (Å²) in [4.78, 5) is 0.591. The normalized spacial score (nSPS) is 18.6. The highest BCUT2D eigenvalue weighted by atomic mass is 32.1. The molecule has 0 unspecified atom stereocenters. The summed E-state index contributed by atoms with van der Waals surface area (Å²) in [5, 5.41) is 0. The lowest BCUT2D eigenvalue weighted by Crippen LogP contribution is -2.31. The van der Waals surface area contributed by atoms with Crippen LogP contribution in [0, 0.1) is 11.3 Å². The van der Waals surface area contributed by atoms with Crippen LogP contribution in [-0.2, 0) is 4.74 Å². The molecule has 1 aliphatic carbocycles. The minimum atomic E-state index is -0.0676. The Morgan fingerprint density at radius 3 is 2.50 bits per heavy atom. The molecule has 0 aromatic carbocycles. The van der Waals surface area contributed by atoms with E-state index in [1.165, 1.54) is 32.1 Å². The topological polar surface area (TPSA) is 35.2 Å². The molecule has 0 bridgehead atoms. The van der Waals surface area contributed by atoms with Gasteiger partial charge in [0.2, 0.25) is 0 Å². The molecule has 1 rings (SSSR count). The van der Waals surface area contributed by atoms with Crippen LogP contribution in [0.2, 0.25) is 0 Å². The maximum Gasteiger partial charge on any atom is 0.0785 e. The predicted molar refractivity (Wildman–Crippen MR) is 72.6 cm³/mol. The van der Waals surface area contributed by atoms with Crippen molar-refractivity contribution in [3.05, 3.63) is 0 Å². The Balaban J connectivity index is 2.09. The van der Waals surface area contributed by atoms with Crippen molar-refractivity contribution in [3.63, 3.8) is 0 Å². The molecule has 0 atom stereocenters. The monoisotopic (exact) mass is 243 g/mol. The zero-order valence-electron chi connectivity index (χ0n) is 10.6. The largest absolute Gasteiger partial charge is 0.393 e. The molecule has 0 amide bonds. The smallest absolute Gasteiger partial charge is 0.0785 e. The van der Waals surface area contributed by atoms with Crippen LogP contribution in [0.15, 0.2) is 0 Å². The summed E-state index contributed by atoms with van der Waals surface area (Å²) in [6, 6.07) is 0. The molecule has 1 fully saturated rings. The minimum absolute atomic E-state index is 0.0676. The fraction of sp³-hybridized carbons (Fsp3) is 0.923. The van der Waals surface area contributed by atoms with E-state index in [1.807, 2.05) is 0 Å². The molecule has 16 heavy (non-hydrogen) atoms. The molecule has 2 N–H and O–H groups in total. The molecule has 0 radical (unpaired) electrons. The fourth-order valence-electron chi connectivity index (χ4n) is 2.05. The average molecular weight is 243 g/mol. The van der Waals surface area contributed by atoms with Crippen LogP contribution in [0.5, 0.6) is 0 Å². The Kier molecular flexibility index (Phi) is 5.70. The van der Waals surface area contributed by atoms with E-state index in [0.29, 0.717) is 4.99 Å². The Labute approximate surface area is 105 Å². The highest BCUT2D eigenvalue weighted by Crippen LogP contribution is 2.24. The third kappa shape index (κ3) is 4.79. The number of hydrogen-bond acceptors (Lipinski definition) is 2. The summed E-state index contributed by atoms with van der Waals surface area (Å²) in [5.41, 5.74) is 5.60. The van der Waals surface area contributed by atoms with Crippen LogP contribution in [0.4, 0.5) is 0 Å². The van der Waals surface area contributed by atoms with E-state index in [2.05, 4.69) is 13.8 Å². The summed E-state index contributed by atoms with van der Waals surface area (Å²) in [6.07, 6.45) is 7.79. The van der Waals surface area contributed by atoms with Gasteiger partial charge < -0.3 is 10.5 Å². The summed E-state index contributed by atoms with van der Waals surface area (Å²) >= 11 is 5.03. The third-order valence-electron chi connectivity index (χ3n) is 3.62. The SMILES string of the molecule is CC(C)(CCOCC1CCCCC1)C(N)=S. The second kappa shape index (κ2) is 6.55. The van der Waals surface area contributed by atoms with Gasteiger partial charge in [-0.3, -0.25) is 0 Å². The van der Waals surface area contributed by atoms with Crippen LogP contribution in [0.3, 0.4) is 0 Å². The lowest BCUT2D eigenvalue weighted by molar-refractivity contribution is 0.0738. The van der Waals surface area contributed by atoms with Crippen LogP contribution in [-0.4, -0.2) is 18.2 Å². The minimum Gasteiger partial charge on any atom is -0.393 e. The highest BCUT2D eigenvalue weighted by Gasteiger charge is 2.21. The summed E-state index contributed by atoms with van der Waals surface area (Å²) < 4.78 is 5.74. The van der Waals surface area contributed by atoms with E-state index in [0.717, 1.165) is 25.6 Å². The predicted octanol–water partition coefficient (Wildman–Crippen LogP) is 3.29. The lowest BCUT2D eigenvalue weighted by Gasteiger charge is -2.25. The van der Waals surface area contributed by atoms with Crippen molar-refractivity contribution >= 4 is 17.2 Å². The van der Waals surface area contributed by atoms with Crippen molar-refractivity contribution in [3.8, 4) is 0 Å². The number of rotatable bonds is 6. The molecule has 94 valence electrons. The van der Waals surface area contributed by atoms with Crippen LogP contribution in [0.25, 0.3) is 0 Å². The maximum absolute atomic E-state index is 5.74. The lowest BCUT2D eigenvalue weighted by atomic mass is 9.89. The summed E-state index contributed by atoms with van der Waals surface area (Å²) in [7, 11) is 0. The number of nitrogens with two attached hydrogens (primary N) is 1. The first-order valence-corrected chi connectivity index (χ1v) is 6.81. The van der Waals surface area contributed by atoms with E-state index in [9.17, 15) is 0 Å². The molecule has 1 aliphatic rings. The molecular weight excluding hydrogens is 218 g/mol. The molecule has 3 heteroatoms. The first-order chi connectivity index (χ1) is 7.52. The van der Waals surface area contributed by atoms with Crippen LogP contribution >= 0.6 is 12.2 Å². The van der Waals surface area contributed by atoms with Crippen LogP contribution < -0.4 is 5.73 Å². The van der Waals surface area contributed by atoms with Gasteiger partial charge in [-0.15, -0.1) is 0 Å². The van der Waals surface area contributed by atoms with Gasteiger partial charge in [0.05, 0.1) is 4.99 Å². The van der Waals surface area contributed by atoms with E-state index in [4.69, 9.17) is 22.7 Å². The van der Waals surface area contributed by atoms with Gasteiger partial charge >= 0.3 is 0 Å². The third-order valence-corrected chi connectivity index (χ3v) is 4.17. The Morgan fingerprint density at radius 2 is 1.94 bits per heavy atom. The van der Waals surface area contributed by atoms with Crippen molar-refractivity contribution in [1.29, 1.82) is 0 Å². The quantitative estimate of drug-likeness (QED) is 0.574. The Hall–Kier alpha value is -0.150. The van der Waals surface area contributed by atoms with Gasteiger partial charge in [0.15, 0.2) is 0 Å². The summed E-state index contributed by atoms with van der Waals surface area (Å²) in [5.74, 6) is 0.793. The van der Waals surface area contributed by atoms with Crippen molar-refractivity contribution in [2.45, 2.75) is 52.4 Å². The molecular formula is C13H25NOS. The molecule has 0 aromatic heterocycles. The maximum atomic E-state index is 5.74. The van der Waals surface area contributed by atoms with Crippen LogP contribution in [0.1, 0.15) is 52.4 Å². The first-order valence-electron chi connectivity index (χ1n) is 6.40. The van der Waals surface area contributed by atoms with Gasteiger partial charge in [-0.1, -0.05) is 45.3 Å². The molecule has 0 heterocycles. The molecule has 1 saturated carbocycles. The van der Waals surface area contributed by atoms with E-state index < -0.39 is 0 Å². The van der Waals surface area contributed by atoms with Crippen molar-refractivity contribution in [2.75, 3.05) is 13.2 Å². The average Bonchev–Trinajstić information content (AvgIpc) is 2.26. The Bertz CT molecular complexity index is 222. The number of thiocarbonyl (C=S) groups is 1. The molecule has 2 nitrogen and oxygen atoms in total. The van der Waals surface area contributed by atoms with Crippen molar-refractivity contribution in [2.24, 2.45) is 17.1 Å². The summed E-state index contributed by atoms with van der Waals surface area (Å²) in [6.45, 7) is 5.87. The van der Waals surface area contributed by atoms with Gasteiger partial charge in [0, 0.05) is 18.6 Å². The fourth-order valence-corrected chi connectivity index (χ4v) is 2.16. The van der Waals surface area contributed by atoms with E-state index in [-0.39, 0.29) is 5.41 Å². The molecule has 0 aromatic rings. The zero-order valence-corrected chi connectivity index (χ0v) is 11.4. The first kappa shape index (κ1) is 13.9. The zero-order chi connectivity index (χ0) is 12.0.